The summed E-state index contributed by atoms with van der Waals surface area (Å²) in [6, 6.07) is 0.0134. The number of likely N-dealkylation sites (N-methyl/N-ethyl adjacent to an activating group) is 1. The van der Waals surface area contributed by atoms with Gasteiger partial charge in [0, 0.05) is 13.5 Å². The summed E-state index contributed by atoms with van der Waals surface area (Å²) < 4.78 is 16.6. The van der Waals surface area contributed by atoms with Crippen molar-refractivity contribution in [3.05, 3.63) is 0 Å². The number of carbonyl (C=O) groups excluding carboxylic acids is 1. The van der Waals surface area contributed by atoms with Crippen molar-refractivity contribution < 1.29 is 19.0 Å². The highest BCUT2D eigenvalue weighted by Gasteiger charge is 2.48. The van der Waals surface area contributed by atoms with Gasteiger partial charge in [-0.1, -0.05) is 0 Å². The van der Waals surface area contributed by atoms with E-state index < -0.39 is 0 Å². The fraction of sp³-hybridized carbons (Fsp3) is 0.909. The number of rotatable bonds is 2. The molecule has 2 aliphatic rings. The smallest absolute Gasteiger partial charge is 0.410 e. The lowest BCUT2D eigenvalue weighted by Crippen LogP contribution is -2.51. The van der Waals surface area contributed by atoms with Crippen molar-refractivity contribution in [1.82, 2.24) is 4.90 Å². The molecule has 5 nitrogen and oxygen atoms in total. The van der Waals surface area contributed by atoms with E-state index in [0.717, 1.165) is 0 Å². The van der Waals surface area contributed by atoms with Crippen LogP contribution >= 0.6 is 0 Å². The van der Waals surface area contributed by atoms with Gasteiger partial charge in [-0.3, -0.25) is 0 Å². The van der Waals surface area contributed by atoms with Crippen LogP contribution in [-0.4, -0.2) is 48.7 Å². The van der Waals surface area contributed by atoms with Crippen molar-refractivity contribution in [2.24, 2.45) is 0 Å². The third-order valence-electron chi connectivity index (χ3n) is 3.06. The predicted octanol–water partition coefficient (Wildman–Crippen LogP) is 1.37. The first-order chi connectivity index (χ1) is 7.49. The van der Waals surface area contributed by atoms with Gasteiger partial charge in [0.25, 0.3) is 0 Å². The molecule has 0 saturated carbocycles. The van der Waals surface area contributed by atoms with Crippen molar-refractivity contribution in [1.29, 1.82) is 0 Å². The number of nitrogens with zero attached hydrogens (tertiary/aromatic N) is 1. The van der Waals surface area contributed by atoms with E-state index in [1.165, 1.54) is 0 Å². The Kier molecular flexibility index (Phi) is 3.08. The SMILES string of the molecule is CC(C)O[C@@H]1C[C@@H]2OC(=O)N(C)[C@@H]2[C@@H](C)O1. The molecule has 2 heterocycles. The van der Waals surface area contributed by atoms with Crippen LogP contribution in [0.4, 0.5) is 4.79 Å². The molecule has 0 aliphatic carbocycles. The van der Waals surface area contributed by atoms with Gasteiger partial charge in [0.05, 0.1) is 18.2 Å². The quantitative estimate of drug-likeness (QED) is 0.717. The van der Waals surface area contributed by atoms with Crippen LogP contribution < -0.4 is 0 Å². The van der Waals surface area contributed by atoms with Crippen molar-refractivity contribution in [3.8, 4) is 0 Å². The molecule has 0 spiro atoms. The molecule has 5 heteroatoms. The second-order valence-electron chi connectivity index (χ2n) is 4.72. The van der Waals surface area contributed by atoms with Gasteiger partial charge >= 0.3 is 6.09 Å². The first kappa shape index (κ1) is 11.7. The zero-order valence-electron chi connectivity index (χ0n) is 10.2. The summed E-state index contributed by atoms with van der Waals surface area (Å²) in [6.45, 7) is 5.88. The highest BCUT2D eigenvalue weighted by atomic mass is 16.7. The Hall–Kier alpha value is -0.810. The molecule has 0 aromatic carbocycles. The molecule has 92 valence electrons. The van der Waals surface area contributed by atoms with Crippen LogP contribution in [0.5, 0.6) is 0 Å². The molecule has 2 rings (SSSR count). The van der Waals surface area contributed by atoms with Crippen LogP contribution in [0.25, 0.3) is 0 Å². The maximum absolute atomic E-state index is 11.4. The molecule has 2 aliphatic heterocycles. The Morgan fingerprint density at radius 1 is 1.50 bits per heavy atom. The van der Waals surface area contributed by atoms with Crippen molar-refractivity contribution in [2.75, 3.05) is 7.05 Å². The molecule has 2 fully saturated rings. The molecule has 0 bridgehead atoms. The van der Waals surface area contributed by atoms with Crippen molar-refractivity contribution in [3.63, 3.8) is 0 Å². The Labute approximate surface area is 95.6 Å². The first-order valence-corrected chi connectivity index (χ1v) is 5.73. The van der Waals surface area contributed by atoms with E-state index in [-0.39, 0.29) is 36.7 Å². The van der Waals surface area contributed by atoms with Crippen LogP contribution in [0, 0.1) is 0 Å². The predicted molar refractivity (Wildman–Crippen MR) is 57.0 cm³/mol. The summed E-state index contributed by atoms with van der Waals surface area (Å²) >= 11 is 0. The van der Waals surface area contributed by atoms with Crippen molar-refractivity contribution in [2.45, 2.75) is 57.8 Å². The average Bonchev–Trinajstić information content (AvgIpc) is 2.41. The highest BCUT2D eigenvalue weighted by Crippen LogP contribution is 2.32. The lowest BCUT2D eigenvalue weighted by Gasteiger charge is -2.37. The number of carbonyl (C=O) groups is 1. The zero-order chi connectivity index (χ0) is 11.9. The molecule has 4 atom stereocenters. The summed E-state index contributed by atoms with van der Waals surface area (Å²) in [5, 5.41) is 0. The van der Waals surface area contributed by atoms with Gasteiger partial charge in [-0.15, -0.1) is 0 Å². The van der Waals surface area contributed by atoms with Crippen LogP contribution in [0.3, 0.4) is 0 Å². The van der Waals surface area contributed by atoms with E-state index in [4.69, 9.17) is 14.2 Å². The van der Waals surface area contributed by atoms with Crippen LogP contribution in [0.2, 0.25) is 0 Å². The van der Waals surface area contributed by atoms with Gasteiger partial charge in [-0.25, -0.2) is 4.79 Å². The lowest BCUT2D eigenvalue weighted by molar-refractivity contribution is -0.229. The Bertz CT molecular complexity index is 281. The minimum Gasteiger partial charge on any atom is -0.444 e. The minimum atomic E-state index is -0.268. The summed E-state index contributed by atoms with van der Waals surface area (Å²) in [5.41, 5.74) is 0. The van der Waals surface area contributed by atoms with Gasteiger partial charge < -0.3 is 19.1 Å². The normalized spacial score (nSPS) is 38.8. The second-order valence-corrected chi connectivity index (χ2v) is 4.72. The Morgan fingerprint density at radius 2 is 2.19 bits per heavy atom. The summed E-state index contributed by atoms with van der Waals surface area (Å²) in [4.78, 5) is 13.0. The van der Waals surface area contributed by atoms with E-state index in [1.807, 2.05) is 20.8 Å². The topological polar surface area (TPSA) is 48.0 Å². The van der Waals surface area contributed by atoms with Gasteiger partial charge in [-0.05, 0) is 20.8 Å². The van der Waals surface area contributed by atoms with Crippen LogP contribution in [-0.2, 0) is 14.2 Å². The van der Waals surface area contributed by atoms with E-state index in [0.29, 0.717) is 6.42 Å². The van der Waals surface area contributed by atoms with Gasteiger partial charge in [0.1, 0.15) is 6.10 Å². The fourth-order valence-corrected chi connectivity index (χ4v) is 2.41. The number of amides is 1. The molecule has 0 radical (unpaired) electrons. The average molecular weight is 229 g/mol. The number of fused-ring (bicyclic) bond motifs is 1. The molecular formula is C11H19NO4. The highest BCUT2D eigenvalue weighted by molar-refractivity contribution is 5.70. The summed E-state index contributed by atoms with van der Waals surface area (Å²) in [6.07, 6.45) is 0.0298. The van der Waals surface area contributed by atoms with Gasteiger partial charge in [0.2, 0.25) is 0 Å². The van der Waals surface area contributed by atoms with E-state index in [1.54, 1.807) is 11.9 Å². The van der Waals surface area contributed by atoms with E-state index >= 15 is 0 Å². The minimum absolute atomic E-state index is 0.0134. The fourth-order valence-electron chi connectivity index (χ4n) is 2.41. The summed E-state index contributed by atoms with van der Waals surface area (Å²) in [7, 11) is 1.75. The third kappa shape index (κ3) is 2.01. The molecule has 0 unspecified atom stereocenters. The molecular weight excluding hydrogens is 210 g/mol. The molecule has 16 heavy (non-hydrogen) atoms. The largest absolute Gasteiger partial charge is 0.444 e. The van der Waals surface area contributed by atoms with Gasteiger partial charge in [-0.2, -0.15) is 0 Å². The van der Waals surface area contributed by atoms with Gasteiger partial charge in [0.15, 0.2) is 6.29 Å². The standard InChI is InChI=1S/C11H19NO4/c1-6(2)14-9-5-8-10(7(3)15-9)12(4)11(13)16-8/h6-10H,5H2,1-4H3/t7-,8+,9+,10-/m1/s1. The third-order valence-corrected chi connectivity index (χ3v) is 3.06. The van der Waals surface area contributed by atoms with E-state index in [9.17, 15) is 4.79 Å². The maximum atomic E-state index is 11.4. The molecule has 0 aromatic heterocycles. The number of hydrogen-bond acceptors (Lipinski definition) is 4. The maximum Gasteiger partial charge on any atom is 0.410 e. The zero-order valence-corrected chi connectivity index (χ0v) is 10.2. The number of hydrogen-bond donors (Lipinski definition) is 0. The lowest BCUT2D eigenvalue weighted by atomic mass is 9.99. The molecule has 0 aromatic rings. The van der Waals surface area contributed by atoms with Crippen molar-refractivity contribution >= 4 is 6.09 Å². The second kappa shape index (κ2) is 4.22. The van der Waals surface area contributed by atoms with Crippen LogP contribution in [0.15, 0.2) is 0 Å². The Morgan fingerprint density at radius 3 is 2.81 bits per heavy atom. The molecule has 2 saturated heterocycles. The molecule has 1 amide bonds. The van der Waals surface area contributed by atoms with E-state index in [2.05, 4.69) is 0 Å². The van der Waals surface area contributed by atoms with Crippen LogP contribution in [0.1, 0.15) is 27.2 Å². The first-order valence-electron chi connectivity index (χ1n) is 5.73. The molecule has 0 N–H and O–H groups in total. The Balaban J connectivity index is 2.03. The summed E-state index contributed by atoms with van der Waals surface area (Å²) in [5.74, 6) is 0. The monoisotopic (exact) mass is 229 g/mol. The number of ether oxygens (including phenoxy) is 3.